The van der Waals surface area contributed by atoms with E-state index in [0.29, 0.717) is 5.92 Å². The molecule has 0 aliphatic heterocycles. The number of pyridine rings is 1. The smallest absolute Gasteiger partial charge is 0.0588 e. The van der Waals surface area contributed by atoms with Crippen LogP contribution in [-0.2, 0) is 0 Å². The zero-order valence-corrected chi connectivity index (χ0v) is 13.0. The molecule has 0 amide bonds. The Bertz CT molecular complexity index is 359. The van der Waals surface area contributed by atoms with E-state index in [-0.39, 0.29) is 0 Å². The summed E-state index contributed by atoms with van der Waals surface area (Å²) in [5.41, 5.74) is 1.21. The van der Waals surface area contributed by atoms with Crippen LogP contribution < -0.4 is 0 Å². The van der Waals surface area contributed by atoms with Crippen LogP contribution in [0.2, 0.25) is 0 Å². The van der Waals surface area contributed by atoms with Gasteiger partial charge in [0.15, 0.2) is 0 Å². The van der Waals surface area contributed by atoms with Gasteiger partial charge in [0.05, 0.1) is 14.6 Å². The minimum Gasteiger partial charge on any atom is -0.259 e. The van der Waals surface area contributed by atoms with Crippen LogP contribution in [0.4, 0.5) is 0 Å². The predicted octanol–water partition coefficient (Wildman–Crippen LogP) is 5.42. The molecule has 1 saturated carbocycles. The fraction of sp³-hybridized carbons (Fsp3) is 0.545. The summed E-state index contributed by atoms with van der Waals surface area (Å²) in [4.78, 5) is 4.54. The Hall–Kier alpha value is 0.590. The van der Waals surface area contributed by atoms with Crippen molar-refractivity contribution in [3.8, 4) is 0 Å². The summed E-state index contributed by atoms with van der Waals surface area (Å²) in [5.74, 6) is 0.637. The molecule has 0 atom stereocenters. The van der Waals surface area contributed by atoms with Crippen LogP contribution in [0.15, 0.2) is 19.6 Å². The van der Waals surface area contributed by atoms with Crippen molar-refractivity contribution < 1.29 is 0 Å². The number of hydrogen-bond donors (Lipinski definition) is 0. The molecule has 0 radical (unpaired) electrons. The first-order chi connectivity index (χ1) is 7.20. The van der Waals surface area contributed by atoms with Gasteiger partial charge in [-0.25, -0.2) is 0 Å². The van der Waals surface area contributed by atoms with Gasteiger partial charge in [-0.15, -0.1) is 0 Å². The lowest BCUT2D eigenvalue weighted by molar-refractivity contribution is 0.435. The topological polar surface area (TPSA) is 12.9 Å². The maximum atomic E-state index is 4.54. The van der Waals surface area contributed by atoms with Gasteiger partial charge in [0, 0.05) is 16.6 Å². The highest BCUT2D eigenvalue weighted by Gasteiger charge is 2.21. The Labute approximate surface area is 115 Å². The zero-order valence-electron chi connectivity index (χ0n) is 8.27. The summed E-state index contributed by atoms with van der Waals surface area (Å²) in [5, 5.41) is 0. The van der Waals surface area contributed by atoms with Crippen molar-refractivity contribution in [3.05, 3.63) is 25.3 Å². The van der Waals surface area contributed by atoms with Crippen LogP contribution in [-0.4, -0.2) is 4.98 Å². The normalized spacial score (nSPS) is 18.1. The van der Waals surface area contributed by atoms with Crippen LogP contribution in [0.1, 0.15) is 43.7 Å². The quantitative estimate of drug-likeness (QED) is 0.616. The summed E-state index contributed by atoms with van der Waals surface area (Å²) in [6, 6.07) is 0. The molecule has 0 aromatic carbocycles. The van der Waals surface area contributed by atoms with E-state index in [2.05, 4.69) is 52.8 Å². The molecule has 82 valence electrons. The van der Waals surface area contributed by atoms with Crippen molar-refractivity contribution in [1.29, 1.82) is 0 Å². The van der Waals surface area contributed by atoms with Crippen molar-refractivity contribution >= 4 is 47.8 Å². The second kappa shape index (κ2) is 5.28. The molecule has 1 fully saturated rings. The molecule has 2 rings (SSSR count). The average Bonchev–Trinajstić information content (AvgIpc) is 2.27. The number of hydrogen-bond acceptors (Lipinski definition) is 1. The molecule has 1 aromatic heterocycles. The first-order valence-electron chi connectivity index (χ1n) is 5.19. The van der Waals surface area contributed by atoms with E-state index in [1.807, 2.05) is 6.20 Å². The van der Waals surface area contributed by atoms with Crippen molar-refractivity contribution in [2.24, 2.45) is 0 Å². The molecule has 1 heterocycles. The predicted molar refractivity (Wildman–Crippen MR) is 73.2 cm³/mol. The van der Waals surface area contributed by atoms with Crippen molar-refractivity contribution in [3.63, 3.8) is 0 Å². The third kappa shape index (κ3) is 2.64. The summed E-state index contributed by atoms with van der Waals surface area (Å²) < 4.78 is 3.20. The van der Waals surface area contributed by atoms with Crippen LogP contribution in [0.25, 0.3) is 0 Å². The first kappa shape index (κ1) is 12.1. The molecule has 1 nitrogen and oxygen atoms in total. The maximum absolute atomic E-state index is 4.54. The number of nitrogens with zero attached hydrogens (tertiary/aromatic N) is 1. The molecule has 0 bridgehead atoms. The highest BCUT2D eigenvalue weighted by Crippen LogP contribution is 2.40. The van der Waals surface area contributed by atoms with Gasteiger partial charge in [-0.1, -0.05) is 19.3 Å². The molecule has 15 heavy (non-hydrogen) atoms. The van der Waals surface area contributed by atoms with Crippen molar-refractivity contribution in [2.45, 2.75) is 38.0 Å². The number of rotatable bonds is 1. The minimum absolute atomic E-state index is 0.637. The van der Waals surface area contributed by atoms with Gasteiger partial charge in [-0.2, -0.15) is 0 Å². The van der Waals surface area contributed by atoms with Crippen LogP contribution in [0, 0.1) is 0 Å². The van der Waals surface area contributed by atoms with E-state index in [4.69, 9.17) is 0 Å². The van der Waals surface area contributed by atoms with E-state index in [1.165, 1.54) is 37.8 Å². The van der Waals surface area contributed by atoms with Gasteiger partial charge < -0.3 is 0 Å². The summed E-state index contributed by atoms with van der Waals surface area (Å²) in [7, 11) is 0. The van der Waals surface area contributed by atoms with Crippen molar-refractivity contribution in [1.82, 2.24) is 4.98 Å². The van der Waals surface area contributed by atoms with E-state index < -0.39 is 0 Å². The molecule has 0 N–H and O–H groups in total. The van der Waals surface area contributed by atoms with Gasteiger partial charge in [0.1, 0.15) is 0 Å². The third-order valence-corrected chi connectivity index (χ3v) is 6.23. The molecule has 4 heteroatoms. The summed E-state index contributed by atoms with van der Waals surface area (Å²) in [6.07, 6.45) is 8.50. The van der Waals surface area contributed by atoms with E-state index in [0.717, 1.165) is 13.4 Å². The second-order valence-electron chi connectivity index (χ2n) is 3.95. The molecule has 1 aromatic rings. The Kier molecular flexibility index (Phi) is 4.24. The maximum Gasteiger partial charge on any atom is 0.0588 e. The molecule has 0 saturated heterocycles. The van der Waals surface area contributed by atoms with E-state index in [9.17, 15) is 0 Å². The van der Waals surface area contributed by atoms with E-state index in [1.54, 1.807) is 0 Å². The van der Waals surface area contributed by atoms with Crippen LogP contribution in [0.5, 0.6) is 0 Å². The molecular weight excluding hydrogens is 386 g/mol. The Balaban J connectivity index is 2.31. The average molecular weight is 398 g/mol. The number of aromatic nitrogens is 1. The standard InChI is InChI=1S/C11H12Br3N/c12-8-6-15-11(10(14)9(8)13)7-4-2-1-3-5-7/h6-7H,1-5H2. The molecule has 0 unspecified atom stereocenters. The summed E-state index contributed by atoms with van der Waals surface area (Å²) >= 11 is 10.7. The van der Waals surface area contributed by atoms with E-state index >= 15 is 0 Å². The van der Waals surface area contributed by atoms with Gasteiger partial charge in [-0.05, 0) is 60.6 Å². The van der Waals surface area contributed by atoms with Gasteiger partial charge in [0.25, 0.3) is 0 Å². The lowest BCUT2D eigenvalue weighted by Crippen LogP contribution is -2.07. The van der Waals surface area contributed by atoms with Gasteiger partial charge in [0.2, 0.25) is 0 Å². The molecule has 0 spiro atoms. The first-order valence-corrected chi connectivity index (χ1v) is 7.57. The largest absolute Gasteiger partial charge is 0.259 e. The minimum atomic E-state index is 0.637. The lowest BCUT2D eigenvalue weighted by Gasteiger charge is -2.22. The van der Waals surface area contributed by atoms with Gasteiger partial charge in [-0.3, -0.25) is 4.98 Å². The SMILES string of the molecule is Brc1cnc(C2CCCCC2)c(Br)c1Br. The molecule has 1 aliphatic carbocycles. The molecule has 1 aliphatic rings. The second-order valence-corrected chi connectivity index (χ2v) is 6.39. The fourth-order valence-corrected chi connectivity index (χ4v) is 3.63. The fourth-order valence-electron chi connectivity index (χ4n) is 2.12. The monoisotopic (exact) mass is 395 g/mol. The summed E-state index contributed by atoms with van der Waals surface area (Å²) in [6.45, 7) is 0. The Morgan fingerprint density at radius 1 is 1.00 bits per heavy atom. The highest BCUT2D eigenvalue weighted by atomic mass is 79.9. The zero-order chi connectivity index (χ0) is 10.8. The Morgan fingerprint density at radius 3 is 2.33 bits per heavy atom. The van der Waals surface area contributed by atoms with Crippen LogP contribution in [0.3, 0.4) is 0 Å². The molecular formula is C11H12Br3N. The third-order valence-electron chi connectivity index (χ3n) is 2.94. The Morgan fingerprint density at radius 2 is 1.67 bits per heavy atom. The number of halogens is 3. The lowest BCUT2D eigenvalue weighted by atomic mass is 9.87. The highest BCUT2D eigenvalue weighted by molar-refractivity contribution is 9.14. The van der Waals surface area contributed by atoms with Crippen LogP contribution >= 0.6 is 47.8 Å². The van der Waals surface area contributed by atoms with Gasteiger partial charge >= 0.3 is 0 Å². The van der Waals surface area contributed by atoms with Crippen molar-refractivity contribution in [2.75, 3.05) is 0 Å².